The van der Waals surface area contributed by atoms with Crippen LogP contribution in [0.2, 0.25) is 0 Å². The van der Waals surface area contributed by atoms with E-state index in [-0.39, 0.29) is 10.7 Å². The Hall–Kier alpha value is -4.01. The molecule has 0 saturated carbocycles. The maximum Gasteiger partial charge on any atom is 0.331 e. The van der Waals surface area contributed by atoms with Crippen LogP contribution in [0.3, 0.4) is 0 Å². The number of carbonyl (C=O) groups is 2. The molecule has 0 aliphatic carbocycles. The molecule has 0 N–H and O–H groups in total. The lowest BCUT2D eigenvalue weighted by atomic mass is 10.0. The number of hydrogen-bond donors (Lipinski definition) is 0. The number of benzene rings is 3. The van der Waals surface area contributed by atoms with Gasteiger partial charge in [0.05, 0.1) is 16.2 Å². The number of aryl methyl sites for hydroxylation is 1. The highest BCUT2D eigenvalue weighted by Gasteiger charge is 2.23. The molecule has 0 aliphatic heterocycles. The highest BCUT2D eigenvalue weighted by Crippen LogP contribution is 2.33. The highest BCUT2D eigenvalue weighted by molar-refractivity contribution is 7.89. The first kappa shape index (κ1) is 27.0. The van der Waals surface area contributed by atoms with E-state index in [0.717, 1.165) is 22.2 Å². The normalized spacial score (nSPS) is 11.9. The average Bonchev–Trinajstić information content (AvgIpc) is 3.24. The van der Waals surface area contributed by atoms with Crippen molar-refractivity contribution in [2.24, 2.45) is 7.05 Å². The van der Waals surface area contributed by atoms with Gasteiger partial charge in [0.15, 0.2) is 6.61 Å². The number of Topliss-reactive ketones (excluding diaryl/α,β-unsaturated/α-hetero) is 1. The van der Waals surface area contributed by atoms with E-state index in [1.807, 2.05) is 66.2 Å². The zero-order valence-corrected chi connectivity index (χ0v) is 22.4. The molecule has 3 aromatic carbocycles. The van der Waals surface area contributed by atoms with Crippen molar-refractivity contribution in [2.75, 3.05) is 19.7 Å². The Bertz CT molecular complexity index is 1580. The number of hydrogen-bond acceptors (Lipinski definition) is 5. The largest absolute Gasteiger partial charge is 0.454 e. The molecule has 0 aliphatic rings. The van der Waals surface area contributed by atoms with Gasteiger partial charge in [0.25, 0.3) is 0 Å². The van der Waals surface area contributed by atoms with E-state index < -0.39 is 22.6 Å². The number of fused-ring (bicyclic) bond motifs is 1. The molecule has 8 heteroatoms. The molecule has 0 bridgehead atoms. The molecule has 4 rings (SSSR count). The molecule has 0 atom stereocenters. The molecular weight excluding hydrogens is 500 g/mol. The van der Waals surface area contributed by atoms with Gasteiger partial charge in [-0.05, 0) is 35.4 Å². The van der Waals surface area contributed by atoms with E-state index in [4.69, 9.17) is 4.74 Å². The van der Waals surface area contributed by atoms with Crippen LogP contribution in [0.5, 0.6) is 0 Å². The summed E-state index contributed by atoms with van der Waals surface area (Å²) < 4.78 is 33.9. The molecule has 1 aromatic heterocycles. The van der Waals surface area contributed by atoms with E-state index in [1.165, 1.54) is 28.6 Å². The maximum atomic E-state index is 13.3. The van der Waals surface area contributed by atoms with Crippen molar-refractivity contribution in [3.63, 3.8) is 0 Å². The lowest BCUT2D eigenvalue weighted by Gasteiger charge is -2.18. The van der Waals surface area contributed by atoms with Crippen molar-refractivity contribution in [1.82, 2.24) is 8.87 Å². The molecule has 196 valence electrons. The van der Waals surface area contributed by atoms with Gasteiger partial charge in [0.1, 0.15) is 0 Å². The van der Waals surface area contributed by atoms with Gasteiger partial charge in [-0.25, -0.2) is 13.2 Å². The van der Waals surface area contributed by atoms with Gasteiger partial charge in [-0.3, -0.25) is 4.79 Å². The van der Waals surface area contributed by atoms with E-state index in [0.29, 0.717) is 24.2 Å². The van der Waals surface area contributed by atoms with Crippen LogP contribution in [0.25, 0.3) is 28.2 Å². The predicted molar refractivity (Wildman–Crippen MR) is 149 cm³/mol. The summed E-state index contributed by atoms with van der Waals surface area (Å²) in [6.45, 7) is 3.94. The summed E-state index contributed by atoms with van der Waals surface area (Å²) in [5.41, 5.74) is 3.71. The second kappa shape index (κ2) is 11.6. The lowest BCUT2D eigenvalue weighted by Crippen LogP contribution is -2.30. The number of esters is 1. The minimum absolute atomic E-state index is 0.191. The zero-order valence-electron chi connectivity index (χ0n) is 21.6. The fourth-order valence-electron chi connectivity index (χ4n) is 4.49. The van der Waals surface area contributed by atoms with Gasteiger partial charge >= 0.3 is 5.97 Å². The molecule has 4 aromatic rings. The van der Waals surface area contributed by atoms with Gasteiger partial charge in [-0.15, -0.1) is 0 Å². The minimum atomic E-state index is -3.55. The maximum absolute atomic E-state index is 13.3. The standard InChI is InChI=1S/C30H30N2O5S/c1-4-32(5-2)38(35,36)24-18-15-22(16-19-24)17-20-28(34)37-21-27(33)29-25-13-9-10-14-26(25)31(3)30(29)23-11-7-6-8-12-23/h6-20H,4-5,21H2,1-3H3. The summed E-state index contributed by atoms with van der Waals surface area (Å²) in [4.78, 5) is 25.9. The monoisotopic (exact) mass is 530 g/mol. The predicted octanol–water partition coefficient (Wildman–Crippen LogP) is 5.32. The van der Waals surface area contributed by atoms with Crippen molar-refractivity contribution < 1.29 is 22.7 Å². The molecule has 1 heterocycles. The van der Waals surface area contributed by atoms with Gasteiger partial charge in [-0.2, -0.15) is 4.31 Å². The Balaban J connectivity index is 1.48. The first-order chi connectivity index (χ1) is 18.3. The van der Waals surface area contributed by atoms with Crippen molar-refractivity contribution in [2.45, 2.75) is 18.7 Å². The van der Waals surface area contributed by atoms with Crippen molar-refractivity contribution in [3.8, 4) is 11.3 Å². The molecule has 0 unspecified atom stereocenters. The van der Waals surface area contributed by atoms with Gasteiger partial charge in [0, 0.05) is 37.1 Å². The molecule has 0 fully saturated rings. The van der Waals surface area contributed by atoms with Crippen molar-refractivity contribution in [3.05, 3.63) is 96.1 Å². The van der Waals surface area contributed by atoms with Gasteiger partial charge < -0.3 is 9.30 Å². The van der Waals surface area contributed by atoms with Crippen LogP contribution in [0.1, 0.15) is 29.8 Å². The highest BCUT2D eigenvalue weighted by atomic mass is 32.2. The van der Waals surface area contributed by atoms with Gasteiger partial charge in [-0.1, -0.05) is 74.5 Å². The number of ether oxygens (including phenoxy) is 1. The van der Waals surface area contributed by atoms with E-state index in [1.54, 1.807) is 26.0 Å². The molecule has 38 heavy (non-hydrogen) atoms. The Morgan fingerprint density at radius 2 is 1.53 bits per heavy atom. The zero-order chi connectivity index (χ0) is 27.3. The van der Waals surface area contributed by atoms with Crippen LogP contribution in [-0.4, -0.2) is 48.7 Å². The van der Waals surface area contributed by atoms with E-state index >= 15 is 0 Å². The van der Waals surface area contributed by atoms with Gasteiger partial charge in [0.2, 0.25) is 15.8 Å². The van der Waals surface area contributed by atoms with E-state index in [9.17, 15) is 18.0 Å². The number of nitrogens with zero attached hydrogens (tertiary/aromatic N) is 2. The summed E-state index contributed by atoms with van der Waals surface area (Å²) in [6, 6.07) is 23.5. The summed E-state index contributed by atoms with van der Waals surface area (Å²) in [5, 5.41) is 0.796. The third-order valence-electron chi connectivity index (χ3n) is 6.41. The smallest absolute Gasteiger partial charge is 0.331 e. The molecule has 7 nitrogen and oxygen atoms in total. The van der Waals surface area contributed by atoms with Crippen molar-refractivity contribution in [1.29, 1.82) is 0 Å². The van der Waals surface area contributed by atoms with Crippen LogP contribution in [0.4, 0.5) is 0 Å². The Morgan fingerprint density at radius 1 is 0.895 bits per heavy atom. The quantitative estimate of drug-likeness (QED) is 0.157. The molecule has 0 spiro atoms. The molecule has 0 radical (unpaired) electrons. The SMILES string of the molecule is CCN(CC)S(=O)(=O)c1ccc(C=CC(=O)OCC(=O)c2c(-c3ccccc3)n(C)c3ccccc23)cc1. The summed E-state index contributed by atoms with van der Waals surface area (Å²) in [6.07, 6.45) is 2.75. The Labute approximate surface area is 223 Å². The van der Waals surface area contributed by atoms with Crippen LogP contribution in [0, 0.1) is 0 Å². The topological polar surface area (TPSA) is 85.7 Å². The second-order valence-electron chi connectivity index (χ2n) is 8.69. The van der Waals surface area contributed by atoms with E-state index in [2.05, 4.69) is 0 Å². The summed E-state index contributed by atoms with van der Waals surface area (Å²) in [5.74, 6) is -0.965. The fourth-order valence-corrected chi connectivity index (χ4v) is 5.95. The average molecular weight is 531 g/mol. The first-order valence-corrected chi connectivity index (χ1v) is 13.8. The summed E-state index contributed by atoms with van der Waals surface area (Å²) >= 11 is 0. The van der Waals surface area contributed by atoms with Crippen LogP contribution >= 0.6 is 0 Å². The number of carbonyl (C=O) groups excluding carboxylic acids is 2. The molecule has 0 saturated heterocycles. The molecular formula is C30H30N2O5S. The Morgan fingerprint density at radius 3 is 2.18 bits per heavy atom. The molecule has 0 amide bonds. The number of sulfonamides is 1. The number of rotatable bonds is 10. The number of ketones is 1. The fraction of sp³-hybridized carbons (Fsp3) is 0.200. The second-order valence-corrected chi connectivity index (χ2v) is 10.6. The minimum Gasteiger partial charge on any atom is -0.454 e. The lowest BCUT2D eigenvalue weighted by molar-refractivity contribution is -0.136. The number of para-hydroxylation sites is 1. The van der Waals surface area contributed by atoms with Crippen LogP contribution < -0.4 is 0 Å². The summed E-state index contributed by atoms with van der Waals surface area (Å²) in [7, 11) is -1.64. The Kier molecular flexibility index (Phi) is 8.24. The van der Waals surface area contributed by atoms with Crippen LogP contribution in [-0.2, 0) is 26.6 Å². The van der Waals surface area contributed by atoms with Crippen molar-refractivity contribution >= 4 is 38.8 Å². The first-order valence-electron chi connectivity index (χ1n) is 12.4. The third-order valence-corrected chi connectivity index (χ3v) is 8.48. The third kappa shape index (κ3) is 5.46. The van der Waals surface area contributed by atoms with Crippen LogP contribution in [0.15, 0.2) is 89.8 Å². The number of aromatic nitrogens is 1.